The van der Waals surface area contributed by atoms with Crippen LogP contribution in [0.1, 0.15) is 27.2 Å². The third-order valence-electron chi connectivity index (χ3n) is 2.36. The maximum absolute atomic E-state index is 11.7. The van der Waals surface area contributed by atoms with Gasteiger partial charge < -0.3 is 13.8 Å². The summed E-state index contributed by atoms with van der Waals surface area (Å²) in [6.07, 6.45) is 2.69. The van der Waals surface area contributed by atoms with Crippen LogP contribution in [-0.4, -0.2) is 42.5 Å². The molecule has 1 atom stereocenters. The van der Waals surface area contributed by atoms with E-state index in [1.165, 1.54) is 12.0 Å². The van der Waals surface area contributed by atoms with Crippen LogP contribution in [0.2, 0.25) is 0 Å². The topological polar surface area (TPSA) is 38.8 Å². The van der Waals surface area contributed by atoms with Gasteiger partial charge in [-0.15, -0.1) is 0 Å². The van der Waals surface area contributed by atoms with Crippen molar-refractivity contribution in [3.63, 3.8) is 0 Å². The van der Waals surface area contributed by atoms with Crippen LogP contribution >= 0.6 is 12.0 Å². The summed E-state index contributed by atoms with van der Waals surface area (Å²) in [6, 6.07) is 0. The van der Waals surface area contributed by atoms with Gasteiger partial charge in [-0.2, -0.15) is 0 Å². The molecule has 0 spiro atoms. The monoisotopic (exact) mass is 247 g/mol. The highest BCUT2D eigenvalue weighted by atomic mass is 32.2. The van der Waals surface area contributed by atoms with Gasteiger partial charge in [0.25, 0.3) is 0 Å². The van der Waals surface area contributed by atoms with Gasteiger partial charge in [0.15, 0.2) is 0 Å². The Labute approximate surface area is 102 Å². The van der Waals surface area contributed by atoms with Crippen LogP contribution in [-0.2, 0) is 8.92 Å². The lowest BCUT2D eigenvalue weighted by Gasteiger charge is -2.24. The fourth-order valence-electron chi connectivity index (χ4n) is 1.63. The van der Waals surface area contributed by atoms with Crippen molar-refractivity contribution in [3.8, 4) is 0 Å². The first-order valence-corrected chi connectivity index (χ1v) is 6.71. The molecular weight excluding hydrogens is 226 g/mol. The van der Waals surface area contributed by atoms with E-state index in [0.29, 0.717) is 12.5 Å². The van der Waals surface area contributed by atoms with Crippen molar-refractivity contribution in [2.75, 3.05) is 26.0 Å². The van der Waals surface area contributed by atoms with E-state index in [1.54, 1.807) is 4.90 Å². The second-order valence-corrected chi connectivity index (χ2v) is 5.60. The summed E-state index contributed by atoms with van der Waals surface area (Å²) < 4.78 is 10.6. The maximum Gasteiger partial charge on any atom is 0.410 e. The van der Waals surface area contributed by atoms with Gasteiger partial charge in [0.2, 0.25) is 0 Å². The highest BCUT2D eigenvalue weighted by Gasteiger charge is 2.29. The molecule has 0 aromatic rings. The predicted molar refractivity (Wildman–Crippen MR) is 65.4 cm³/mol. The zero-order valence-corrected chi connectivity index (χ0v) is 11.3. The first kappa shape index (κ1) is 13.6. The number of hydrogen-bond acceptors (Lipinski definition) is 4. The number of amides is 1. The van der Waals surface area contributed by atoms with Crippen molar-refractivity contribution in [1.82, 2.24) is 4.90 Å². The van der Waals surface area contributed by atoms with Crippen LogP contribution in [0.3, 0.4) is 0 Å². The lowest BCUT2D eigenvalue weighted by Crippen LogP contribution is -2.35. The first-order valence-electron chi connectivity index (χ1n) is 5.56. The third kappa shape index (κ3) is 4.61. The second-order valence-electron chi connectivity index (χ2n) is 5.03. The molecule has 0 aromatic carbocycles. The molecule has 1 rings (SSSR count). The summed E-state index contributed by atoms with van der Waals surface area (Å²) in [7, 11) is 0. The minimum Gasteiger partial charge on any atom is -0.444 e. The maximum atomic E-state index is 11.7. The van der Waals surface area contributed by atoms with Gasteiger partial charge in [-0.25, -0.2) is 4.79 Å². The highest BCUT2D eigenvalue weighted by molar-refractivity contribution is 7.93. The number of hydrogen-bond donors (Lipinski definition) is 0. The normalized spacial score (nSPS) is 21.2. The van der Waals surface area contributed by atoms with E-state index in [0.717, 1.165) is 19.5 Å². The molecule has 0 aliphatic carbocycles. The van der Waals surface area contributed by atoms with Crippen molar-refractivity contribution in [3.05, 3.63) is 0 Å². The Hall–Kier alpha value is -0.420. The molecule has 0 N–H and O–H groups in total. The van der Waals surface area contributed by atoms with Gasteiger partial charge in [-0.1, -0.05) is 0 Å². The van der Waals surface area contributed by atoms with Crippen molar-refractivity contribution >= 4 is 18.1 Å². The first-order chi connectivity index (χ1) is 7.42. The predicted octanol–water partition coefficient (Wildman–Crippen LogP) is 2.54. The van der Waals surface area contributed by atoms with Crippen LogP contribution in [0.25, 0.3) is 0 Å². The Morgan fingerprint density at radius 2 is 2.19 bits per heavy atom. The molecule has 16 heavy (non-hydrogen) atoms. The van der Waals surface area contributed by atoms with Crippen molar-refractivity contribution in [2.45, 2.75) is 32.8 Å². The SMILES string of the molecule is CSOCC1CCN(C(=O)OC(C)(C)C)C1. The standard InChI is InChI=1S/C11H21NO3S/c1-11(2,3)15-10(13)12-6-5-9(7-12)8-14-16-4/h9H,5-8H2,1-4H3. The molecular formula is C11H21NO3S. The van der Waals surface area contributed by atoms with Gasteiger partial charge in [0.05, 0.1) is 6.61 Å². The Morgan fingerprint density at radius 3 is 2.75 bits per heavy atom. The quantitative estimate of drug-likeness (QED) is 0.718. The van der Waals surface area contributed by atoms with E-state index >= 15 is 0 Å². The molecule has 5 heteroatoms. The smallest absolute Gasteiger partial charge is 0.410 e. The van der Waals surface area contributed by atoms with Crippen molar-refractivity contribution < 1.29 is 13.7 Å². The molecule has 1 saturated heterocycles. The van der Waals surface area contributed by atoms with Crippen LogP contribution < -0.4 is 0 Å². The number of rotatable bonds is 3. The Bertz CT molecular complexity index is 240. The van der Waals surface area contributed by atoms with Crippen molar-refractivity contribution in [2.24, 2.45) is 5.92 Å². The average Bonchev–Trinajstić information content (AvgIpc) is 2.60. The molecule has 0 aromatic heterocycles. The molecule has 0 radical (unpaired) electrons. The molecule has 1 heterocycles. The van der Waals surface area contributed by atoms with E-state index in [4.69, 9.17) is 8.92 Å². The van der Waals surface area contributed by atoms with Gasteiger partial charge in [-0.3, -0.25) is 0 Å². The molecule has 1 aliphatic rings. The molecule has 1 fully saturated rings. The summed E-state index contributed by atoms with van der Waals surface area (Å²) in [4.78, 5) is 13.5. The van der Waals surface area contributed by atoms with Crippen LogP contribution in [0.4, 0.5) is 4.79 Å². The highest BCUT2D eigenvalue weighted by Crippen LogP contribution is 2.20. The Kier molecular flexibility index (Phi) is 4.92. The molecule has 0 saturated carbocycles. The summed E-state index contributed by atoms with van der Waals surface area (Å²) in [5, 5.41) is 0. The molecule has 1 unspecified atom stereocenters. The largest absolute Gasteiger partial charge is 0.444 e. The molecule has 0 bridgehead atoms. The number of carbonyl (C=O) groups excluding carboxylic acids is 1. The Balaban J connectivity index is 2.32. The van der Waals surface area contributed by atoms with E-state index in [2.05, 4.69) is 0 Å². The minimum absolute atomic E-state index is 0.209. The van der Waals surface area contributed by atoms with Crippen LogP contribution in [0.5, 0.6) is 0 Å². The average molecular weight is 247 g/mol. The fraction of sp³-hybridized carbons (Fsp3) is 0.909. The molecule has 1 aliphatic heterocycles. The van der Waals surface area contributed by atoms with E-state index < -0.39 is 5.60 Å². The minimum atomic E-state index is -0.412. The number of nitrogens with zero attached hydrogens (tertiary/aromatic N) is 1. The lowest BCUT2D eigenvalue weighted by atomic mass is 10.1. The number of ether oxygens (including phenoxy) is 1. The molecule has 4 nitrogen and oxygen atoms in total. The summed E-state index contributed by atoms with van der Waals surface area (Å²) in [6.45, 7) is 7.88. The number of likely N-dealkylation sites (tertiary alicyclic amines) is 1. The van der Waals surface area contributed by atoms with Crippen molar-refractivity contribution in [1.29, 1.82) is 0 Å². The van der Waals surface area contributed by atoms with Gasteiger partial charge in [0.1, 0.15) is 5.60 Å². The summed E-state index contributed by atoms with van der Waals surface area (Å²) in [5.41, 5.74) is -0.412. The Morgan fingerprint density at radius 1 is 1.50 bits per heavy atom. The van der Waals surface area contributed by atoms with E-state index in [1.807, 2.05) is 27.0 Å². The van der Waals surface area contributed by atoms with Gasteiger partial charge in [0, 0.05) is 25.3 Å². The number of carbonyl (C=O) groups is 1. The fourth-order valence-corrected chi connectivity index (χ4v) is 1.95. The summed E-state index contributed by atoms with van der Waals surface area (Å²) in [5.74, 6) is 0.444. The van der Waals surface area contributed by atoms with Crippen LogP contribution in [0.15, 0.2) is 0 Å². The van der Waals surface area contributed by atoms with Crippen LogP contribution in [0, 0.1) is 5.92 Å². The lowest BCUT2D eigenvalue weighted by molar-refractivity contribution is 0.0285. The molecule has 1 amide bonds. The van der Waals surface area contributed by atoms with E-state index in [-0.39, 0.29) is 6.09 Å². The van der Waals surface area contributed by atoms with Gasteiger partial charge in [-0.05, 0) is 39.2 Å². The third-order valence-corrected chi connectivity index (χ3v) is 2.73. The second kappa shape index (κ2) is 5.77. The zero-order valence-electron chi connectivity index (χ0n) is 10.5. The summed E-state index contributed by atoms with van der Waals surface area (Å²) >= 11 is 1.37. The molecule has 94 valence electrons. The zero-order chi connectivity index (χ0) is 12.2. The van der Waals surface area contributed by atoms with Gasteiger partial charge >= 0.3 is 6.09 Å². The van der Waals surface area contributed by atoms with E-state index in [9.17, 15) is 4.79 Å².